The highest BCUT2D eigenvalue weighted by Gasteiger charge is 2.17. The smallest absolute Gasteiger partial charge is 0.253 e. The quantitative estimate of drug-likeness (QED) is 0.855. The first-order valence-corrected chi connectivity index (χ1v) is 8.24. The van der Waals surface area contributed by atoms with Crippen LogP contribution in [0.2, 0.25) is 0 Å². The molecule has 5 heteroatoms. The van der Waals surface area contributed by atoms with Gasteiger partial charge in [-0.15, -0.1) is 11.3 Å². The first kappa shape index (κ1) is 16.0. The third-order valence-corrected chi connectivity index (χ3v) is 4.98. The normalized spacial score (nSPS) is 12.0. The maximum atomic E-state index is 12.4. The minimum atomic E-state index is -0.114. The predicted molar refractivity (Wildman–Crippen MR) is 90.4 cm³/mol. The van der Waals surface area contributed by atoms with Crippen molar-refractivity contribution in [1.82, 2.24) is 5.32 Å². The van der Waals surface area contributed by atoms with Gasteiger partial charge in [-0.25, -0.2) is 0 Å². The Labute approximate surface area is 137 Å². The number of aryl methyl sites for hydroxylation is 2. The van der Waals surface area contributed by atoms with E-state index in [1.807, 2.05) is 19.1 Å². The van der Waals surface area contributed by atoms with Crippen molar-refractivity contribution in [3.8, 4) is 5.75 Å². The van der Waals surface area contributed by atoms with Crippen LogP contribution in [0.1, 0.15) is 38.6 Å². The van der Waals surface area contributed by atoms with Gasteiger partial charge in [-0.2, -0.15) is 0 Å². The highest BCUT2D eigenvalue weighted by molar-refractivity contribution is 9.10. The SMILES string of the molecule is COc1ccc(Br)c(C(=O)NC(C)c2cc(C)sc2C)c1. The van der Waals surface area contributed by atoms with E-state index in [4.69, 9.17) is 4.74 Å². The van der Waals surface area contributed by atoms with Crippen molar-refractivity contribution in [1.29, 1.82) is 0 Å². The molecule has 0 aliphatic rings. The fourth-order valence-corrected chi connectivity index (χ4v) is 3.69. The summed E-state index contributed by atoms with van der Waals surface area (Å²) in [6.07, 6.45) is 0. The van der Waals surface area contributed by atoms with Gasteiger partial charge in [0.2, 0.25) is 0 Å². The largest absolute Gasteiger partial charge is 0.497 e. The summed E-state index contributed by atoms with van der Waals surface area (Å²) in [7, 11) is 1.59. The molecule has 3 nitrogen and oxygen atoms in total. The molecule has 0 bridgehead atoms. The number of carbonyl (C=O) groups excluding carboxylic acids is 1. The number of nitrogens with one attached hydrogen (secondary N) is 1. The average molecular weight is 368 g/mol. The molecule has 2 rings (SSSR count). The van der Waals surface area contributed by atoms with Crippen LogP contribution in [0, 0.1) is 13.8 Å². The molecule has 1 unspecified atom stereocenters. The number of carbonyl (C=O) groups is 1. The Morgan fingerprint density at radius 2 is 2.05 bits per heavy atom. The summed E-state index contributed by atoms with van der Waals surface area (Å²) in [6.45, 7) is 6.16. The number of hydrogen-bond donors (Lipinski definition) is 1. The standard InChI is InChI=1S/C16H18BrNO2S/c1-9-7-13(11(3)21-9)10(2)18-16(19)14-8-12(20-4)5-6-15(14)17/h5-8,10H,1-4H3,(H,18,19). The number of hydrogen-bond acceptors (Lipinski definition) is 3. The number of amides is 1. The maximum Gasteiger partial charge on any atom is 0.253 e. The number of halogens is 1. The number of methoxy groups -OCH3 is 1. The van der Waals surface area contributed by atoms with E-state index < -0.39 is 0 Å². The van der Waals surface area contributed by atoms with E-state index >= 15 is 0 Å². The molecule has 1 atom stereocenters. The summed E-state index contributed by atoms with van der Waals surface area (Å²) < 4.78 is 5.93. The van der Waals surface area contributed by atoms with Gasteiger partial charge in [-0.05, 0) is 66.5 Å². The van der Waals surface area contributed by atoms with Crippen LogP contribution in [0.3, 0.4) is 0 Å². The molecule has 1 N–H and O–H groups in total. The van der Waals surface area contributed by atoms with Gasteiger partial charge in [0.05, 0.1) is 18.7 Å². The highest BCUT2D eigenvalue weighted by Crippen LogP contribution is 2.27. The van der Waals surface area contributed by atoms with E-state index in [9.17, 15) is 4.79 Å². The second kappa shape index (κ2) is 6.62. The summed E-state index contributed by atoms with van der Waals surface area (Å²) in [5.74, 6) is 0.551. The first-order chi connectivity index (χ1) is 9.92. The zero-order valence-electron chi connectivity index (χ0n) is 12.5. The zero-order valence-corrected chi connectivity index (χ0v) is 14.9. The van der Waals surface area contributed by atoms with Crippen molar-refractivity contribution in [2.75, 3.05) is 7.11 Å². The molecule has 0 fully saturated rings. The van der Waals surface area contributed by atoms with Crippen molar-refractivity contribution < 1.29 is 9.53 Å². The van der Waals surface area contributed by atoms with E-state index in [1.165, 1.54) is 15.3 Å². The van der Waals surface area contributed by atoms with E-state index in [1.54, 1.807) is 24.5 Å². The molecule has 1 amide bonds. The van der Waals surface area contributed by atoms with E-state index in [0.29, 0.717) is 11.3 Å². The van der Waals surface area contributed by atoms with Crippen molar-refractivity contribution in [3.63, 3.8) is 0 Å². The Hall–Kier alpha value is -1.33. The minimum absolute atomic E-state index is 0.0273. The topological polar surface area (TPSA) is 38.3 Å². The van der Waals surface area contributed by atoms with Gasteiger partial charge in [0.1, 0.15) is 5.75 Å². The molecule has 1 aromatic carbocycles. The number of ether oxygens (including phenoxy) is 1. The third-order valence-electron chi connectivity index (χ3n) is 3.31. The van der Waals surface area contributed by atoms with Gasteiger partial charge in [0, 0.05) is 14.2 Å². The van der Waals surface area contributed by atoms with E-state index in [0.717, 1.165) is 4.47 Å². The molecule has 2 aromatic rings. The fourth-order valence-electron chi connectivity index (χ4n) is 2.24. The van der Waals surface area contributed by atoms with Crippen molar-refractivity contribution in [2.24, 2.45) is 0 Å². The van der Waals surface area contributed by atoms with Crippen molar-refractivity contribution in [3.05, 3.63) is 49.6 Å². The molecule has 1 aromatic heterocycles. The first-order valence-electron chi connectivity index (χ1n) is 6.63. The van der Waals surface area contributed by atoms with Gasteiger partial charge in [0.15, 0.2) is 0 Å². The van der Waals surface area contributed by atoms with E-state index in [-0.39, 0.29) is 11.9 Å². The lowest BCUT2D eigenvalue weighted by molar-refractivity contribution is 0.0938. The number of benzene rings is 1. The Morgan fingerprint density at radius 1 is 1.33 bits per heavy atom. The van der Waals surface area contributed by atoms with Gasteiger partial charge in [0.25, 0.3) is 5.91 Å². The molecular formula is C16H18BrNO2S. The van der Waals surface area contributed by atoms with Crippen LogP contribution < -0.4 is 10.1 Å². The third kappa shape index (κ3) is 3.66. The lowest BCUT2D eigenvalue weighted by Crippen LogP contribution is -2.27. The van der Waals surface area contributed by atoms with Gasteiger partial charge >= 0.3 is 0 Å². The van der Waals surface area contributed by atoms with Gasteiger partial charge in [-0.3, -0.25) is 4.79 Å². The Balaban J connectivity index is 2.20. The van der Waals surface area contributed by atoms with Crippen molar-refractivity contribution >= 4 is 33.2 Å². The molecule has 0 radical (unpaired) electrons. The summed E-state index contributed by atoms with van der Waals surface area (Å²) >= 11 is 5.16. The summed E-state index contributed by atoms with van der Waals surface area (Å²) in [5.41, 5.74) is 1.75. The highest BCUT2D eigenvalue weighted by atomic mass is 79.9. The summed E-state index contributed by atoms with van der Waals surface area (Å²) in [5, 5.41) is 3.04. The molecule has 0 aliphatic heterocycles. The predicted octanol–water partition coefficient (Wildman–Crippen LogP) is 4.63. The lowest BCUT2D eigenvalue weighted by Gasteiger charge is -2.15. The zero-order chi connectivity index (χ0) is 15.6. The van der Waals surface area contributed by atoms with Crippen molar-refractivity contribution in [2.45, 2.75) is 26.8 Å². The Bertz CT molecular complexity index is 666. The molecule has 1 heterocycles. The molecule has 21 heavy (non-hydrogen) atoms. The molecular weight excluding hydrogens is 350 g/mol. The van der Waals surface area contributed by atoms with Crippen LogP contribution in [0.15, 0.2) is 28.7 Å². The maximum absolute atomic E-state index is 12.4. The number of thiophene rings is 1. The minimum Gasteiger partial charge on any atom is -0.497 e. The fraction of sp³-hybridized carbons (Fsp3) is 0.312. The molecule has 0 spiro atoms. The van der Waals surface area contributed by atoms with Crippen LogP contribution in [-0.2, 0) is 0 Å². The monoisotopic (exact) mass is 367 g/mol. The van der Waals surface area contributed by atoms with Gasteiger partial charge < -0.3 is 10.1 Å². The Morgan fingerprint density at radius 3 is 2.62 bits per heavy atom. The molecule has 112 valence electrons. The second-order valence-corrected chi connectivity index (χ2v) is 7.22. The van der Waals surface area contributed by atoms with Crippen LogP contribution >= 0.6 is 27.3 Å². The molecule has 0 aliphatic carbocycles. The Kier molecular flexibility index (Phi) is 5.06. The van der Waals surface area contributed by atoms with Crippen LogP contribution in [-0.4, -0.2) is 13.0 Å². The summed E-state index contributed by atoms with van der Waals surface area (Å²) in [4.78, 5) is 14.9. The van der Waals surface area contributed by atoms with Crippen LogP contribution in [0.4, 0.5) is 0 Å². The van der Waals surface area contributed by atoms with Gasteiger partial charge in [-0.1, -0.05) is 0 Å². The number of rotatable bonds is 4. The lowest BCUT2D eigenvalue weighted by atomic mass is 10.1. The summed E-state index contributed by atoms with van der Waals surface area (Å²) in [6, 6.07) is 7.47. The molecule has 0 saturated carbocycles. The second-order valence-electron chi connectivity index (χ2n) is 4.91. The van der Waals surface area contributed by atoms with Crippen LogP contribution in [0.5, 0.6) is 5.75 Å². The average Bonchev–Trinajstić information content (AvgIpc) is 2.78. The van der Waals surface area contributed by atoms with E-state index in [2.05, 4.69) is 41.2 Å². The molecule has 0 saturated heterocycles. The van der Waals surface area contributed by atoms with Crippen LogP contribution in [0.25, 0.3) is 0 Å².